The molecule has 1 aliphatic heterocycles. The van der Waals surface area contributed by atoms with Gasteiger partial charge in [0.2, 0.25) is 11.8 Å². The third-order valence-corrected chi connectivity index (χ3v) is 16.9. The van der Waals surface area contributed by atoms with Gasteiger partial charge in [0.15, 0.2) is 10.8 Å². The van der Waals surface area contributed by atoms with E-state index in [0.29, 0.717) is 55.2 Å². The lowest BCUT2D eigenvalue weighted by atomic mass is 9.72. The van der Waals surface area contributed by atoms with Gasteiger partial charge in [0.1, 0.15) is 16.4 Å². The number of azo groups is 1. The van der Waals surface area contributed by atoms with E-state index in [1.807, 2.05) is 4.90 Å². The predicted molar refractivity (Wildman–Crippen MR) is 313 cm³/mol. The number of fused-ring (bicyclic) bond motifs is 1. The summed E-state index contributed by atoms with van der Waals surface area (Å²) in [4.78, 5) is 25.1. The van der Waals surface area contributed by atoms with Crippen molar-refractivity contribution in [3.05, 3.63) is 66.2 Å². The molecule has 18 nitrogen and oxygen atoms in total. The van der Waals surface area contributed by atoms with Gasteiger partial charge in [0, 0.05) is 44.0 Å². The van der Waals surface area contributed by atoms with Gasteiger partial charge >= 0.3 is 0 Å². The lowest BCUT2D eigenvalue weighted by molar-refractivity contribution is -0.115. The van der Waals surface area contributed by atoms with Crippen LogP contribution in [0.4, 0.5) is 39.1 Å². The van der Waals surface area contributed by atoms with Crippen LogP contribution in [-0.4, -0.2) is 76.1 Å². The maximum Gasteiger partial charge on any atom is 0.264 e. The molecule has 0 atom stereocenters. The number of phenols is 2. The van der Waals surface area contributed by atoms with E-state index >= 15 is 0 Å². The van der Waals surface area contributed by atoms with Crippen molar-refractivity contribution >= 4 is 93.4 Å². The van der Waals surface area contributed by atoms with Crippen LogP contribution in [-0.2, 0) is 39.8 Å². The van der Waals surface area contributed by atoms with Gasteiger partial charge < -0.3 is 35.2 Å². The summed E-state index contributed by atoms with van der Waals surface area (Å²) >= 11 is 0.948. The topological polar surface area (TPSA) is 250 Å². The molecule has 0 spiro atoms. The summed E-state index contributed by atoms with van der Waals surface area (Å²) in [6.45, 7) is 17.3. The first kappa shape index (κ1) is 61.2. The number of aromatic nitrogens is 1. The molecule has 2 heterocycles. The Balaban J connectivity index is 1.22. The Labute approximate surface area is 465 Å². The van der Waals surface area contributed by atoms with Crippen molar-refractivity contribution in [3.8, 4) is 17.2 Å². The number of carbonyl (C=O) groups excluding carboxylic acids is 2. The second-order valence-corrected chi connectivity index (χ2v) is 26.1. The van der Waals surface area contributed by atoms with E-state index in [0.717, 1.165) is 42.8 Å². The van der Waals surface area contributed by atoms with Crippen molar-refractivity contribution < 1.29 is 46.1 Å². The Morgan fingerprint density at radius 3 is 1.88 bits per heavy atom. The Bertz CT molecular complexity index is 3080. The van der Waals surface area contributed by atoms with Crippen molar-refractivity contribution in [2.24, 2.45) is 15.6 Å². The van der Waals surface area contributed by atoms with Crippen molar-refractivity contribution in [2.75, 3.05) is 57.9 Å². The molecule has 0 bridgehead atoms. The number of hydrogen-bond acceptors (Lipinski definition) is 15. The van der Waals surface area contributed by atoms with Gasteiger partial charge in [-0.2, -0.15) is 4.37 Å². The molecule has 78 heavy (non-hydrogen) atoms. The minimum absolute atomic E-state index is 0.0199. The first-order valence-corrected chi connectivity index (χ1v) is 31.0. The van der Waals surface area contributed by atoms with E-state index in [1.54, 1.807) is 18.2 Å². The number of carbonyl (C=O) groups is 2. The number of rotatable bonds is 29. The molecule has 1 aromatic heterocycles. The smallest absolute Gasteiger partial charge is 0.264 e. The fourth-order valence-corrected chi connectivity index (χ4v) is 13.0. The molecule has 1 fully saturated rings. The molecule has 0 radical (unpaired) electrons. The molecule has 6 N–H and O–H groups in total. The van der Waals surface area contributed by atoms with Gasteiger partial charge in [-0.15, -0.1) is 10.2 Å². The average Bonchev–Trinajstić information content (AvgIpc) is 3.90. The molecule has 0 unspecified atom stereocenters. The fourth-order valence-electron chi connectivity index (χ4n) is 9.97. The minimum Gasteiger partial charge on any atom is -0.506 e. The highest BCUT2D eigenvalue weighted by atomic mass is 32.2. The minimum atomic E-state index is -4.55. The van der Waals surface area contributed by atoms with E-state index < -0.39 is 37.3 Å². The fraction of sp³-hybridized carbons (Fsp3) is 0.526. The molecule has 426 valence electrons. The Kier molecular flexibility index (Phi) is 21.7. The normalized spacial score (nSPS) is 13.5. The molecule has 1 saturated heterocycles. The molecule has 0 aliphatic carbocycles. The number of unbranched alkanes of at least 4 members (excludes halogenated alkanes) is 13. The number of anilines is 5. The van der Waals surface area contributed by atoms with E-state index in [1.165, 1.54) is 127 Å². The highest BCUT2D eigenvalue weighted by molar-refractivity contribution is 7.93. The highest BCUT2D eigenvalue weighted by Gasteiger charge is 2.33. The Morgan fingerprint density at radius 1 is 0.718 bits per heavy atom. The summed E-state index contributed by atoms with van der Waals surface area (Å²) < 4.78 is 79.6. The van der Waals surface area contributed by atoms with Gasteiger partial charge in [-0.1, -0.05) is 125 Å². The first-order valence-electron chi connectivity index (χ1n) is 27.2. The standard InChI is InChI=1S/C57H80N8O10S3/c1-9-10-11-12-13-14-15-16-17-18-19-20-21-22-29-75-52-37-47(51(68)36-45(52)57(7,8)38-56(4,5)6)64-78(72,73)53-34-41(23-26-50(53)65-27-30-74-31-28-65)63-77(70,71)43-24-25-46-44(35-43)55(76-62-46)61-60-42-32-48(58-39(2)66)54(69)49(33-42)59-40(3)67/h23-26,32-37,63-64,68-69H,9-22,27-31,38H2,1-8H3,(H,58,66)(H,59,67). The zero-order valence-electron chi connectivity index (χ0n) is 46.6. The van der Waals surface area contributed by atoms with E-state index in [2.05, 4.69) is 76.2 Å². The maximum atomic E-state index is 14.8. The quantitative estimate of drug-likeness (QED) is 0.0149. The van der Waals surface area contributed by atoms with Crippen LogP contribution in [0.2, 0.25) is 0 Å². The van der Waals surface area contributed by atoms with Gasteiger partial charge in [-0.25, -0.2) is 16.8 Å². The largest absolute Gasteiger partial charge is 0.506 e. The summed E-state index contributed by atoms with van der Waals surface area (Å²) in [5, 5.41) is 36.4. The molecule has 0 saturated carbocycles. The number of amides is 2. The Hall–Kier alpha value is -6.03. The van der Waals surface area contributed by atoms with Crippen LogP contribution in [0, 0.1) is 5.41 Å². The van der Waals surface area contributed by atoms with E-state index in [9.17, 15) is 36.6 Å². The van der Waals surface area contributed by atoms with Gasteiger partial charge in [-0.3, -0.25) is 19.0 Å². The van der Waals surface area contributed by atoms with Crippen LogP contribution < -0.4 is 29.7 Å². The number of phenolic OH excluding ortho intramolecular Hbond substituents is 2. The maximum absolute atomic E-state index is 14.8. The van der Waals surface area contributed by atoms with Crippen molar-refractivity contribution in [2.45, 2.75) is 167 Å². The molecule has 6 rings (SSSR count). The van der Waals surface area contributed by atoms with Crippen LogP contribution in [0.25, 0.3) is 10.9 Å². The number of sulfonamides is 2. The Morgan fingerprint density at radius 2 is 1.31 bits per heavy atom. The van der Waals surface area contributed by atoms with Crippen LogP contribution in [0.1, 0.15) is 157 Å². The second-order valence-electron chi connectivity index (χ2n) is 22.0. The molecular weight excluding hydrogens is 1050 g/mol. The number of benzene rings is 4. The monoisotopic (exact) mass is 1130 g/mol. The number of ether oxygens (including phenoxy) is 2. The molecule has 2 amide bonds. The SMILES string of the molecule is CCCCCCCCCCCCCCCCOc1cc(NS(=O)(=O)c2cc(NS(=O)(=O)c3ccc4nsc(N=Nc5cc(NC(C)=O)c(O)c(NC(C)=O)c5)c4c3)ccc2N2CCOCC2)c(O)cc1C(C)(C)CC(C)(C)C. The van der Waals surface area contributed by atoms with Crippen molar-refractivity contribution in [1.29, 1.82) is 0 Å². The van der Waals surface area contributed by atoms with Gasteiger partial charge in [0.25, 0.3) is 20.0 Å². The van der Waals surface area contributed by atoms with E-state index in [4.69, 9.17) is 9.47 Å². The van der Waals surface area contributed by atoms with Gasteiger partial charge in [0.05, 0.1) is 64.4 Å². The summed E-state index contributed by atoms with van der Waals surface area (Å²) in [6, 6.07) is 14.4. The zero-order valence-corrected chi connectivity index (χ0v) is 49.0. The number of aromatic hydroxyl groups is 2. The van der Waals surface area contributed by atoms with Crippen LogP contribution in [0.3, 0.4) is 0 Å². The lowest BCUT2D eigenvalue weighted by Gasteiger charge is -2.34. The summed E-state index contributed by atoms with van der Waals surface area (Å²) in [6.07, 6.45) is 18.0. The van der Waals surface area contributed by atoms with Crippen LogP contribution in [0.15, 0.2) is 80.7 Å². The molecule has 1 aliphatic rings. The average molecular weight is 1130 g/mol. The van der Waals surface area contributed by atoms with Crippen LogP contribution >= 0.6 is 11.5 Å². The predicted octanol–water partition coefficient (Wildman–Crippen LogP) is 14.1. The van der Waals surface area contributed by atoms with Crippen LogP contribution in [0.5, 0.6) is 17.2 Å². The number of nitrogens with zero attached hydrogens (tertiary/aromatic N) is 4. The van der Waals surface area contributed by atoms with E-state index in [-0.39, 0.29) is 60.1 Å². The number of morpholine rings is 1. The number of hydrogen-bond donors (Lipinski definition) is 6. The third kappa shape index (κ3) is 17.7. The summed E-state index contributed by atoms with van der Waals surface area (Å²) in [5.74, 6) is -1.15. The molecule has 5 aromatic rings. The first-order chi connectivity index (χ1) is 37.0. The van der Waals surface area contributed by atoms with Crippen molar-refractivity contribution in [1.82, 2.24) is 4.37 Å². The molecule has 4 aromatic carbocycles. The summed E-state index contributed by atoms with van der Waals surface area (Å²) in [5.41, 5.74) is 0.925. The zero-order chi connectivity index (χ0) is 56.7. The lowest BCUT2D eigenvalue weighted by Crippen LogP contribution is -2.37. The highest BCUT2D eigenvalue weighted by Crippen LogP contribution is 2.45. The second kappa shape index (κ2) is 27.7. The molecular formula is C57H80N8O10S3. The van der Waals surface area contributed by atoms with Crippen molar-refractivity contribution in [3.63, 3.8) is 0 Å². The van der Waals surface area contributed by atoms with Gasteiger partial charge in [-0.05, 0) is 89.8 Å². The third-order valence-electron chi connectivity index (χ3n) is 13.4. The number of nitrogens with one attached hydrogen (secondary N) is 4. The summed E-state index contributed by atoms with van der Waals surface area (Å²) in [7, 11) is -8.94. The molecule has 21 heteroatoms.